The van der Waals surface area contributed by atoms with E-state index in [2.05, 4.69) is 0 Å². The average molecular weight is 252 g/mol. The normalized spacial score (nSPS) is 12.1. The molecule has 2 N–H and O–H groups in total. The largest absolute Gasteiger partial charge is 0.395 e. The van der Waals surface area contributed by atoms with Crippen LogP contribution in [-0.4, -0.2) is 36.1 Å². The maximum atomic E-state index is 9.67. The molecule has 0 aliphatic carbocycles. The molecule has 1 aromatic rings. The lowest BCUT2D eigenvalue weighted by atomic mass is 9.79. The highest BCUT2D eigenvalue weighted by atomic mass is 16.5. The molecule has 0 aromatic heterocycles. The van der Waals surface area contributed by atoms with Crippen LogP contribution in [0.25, 0.3) is 0 Å². The Labute approximate surface area is 109 Å². The zero-order valence-corrected chi connectivity index (χ0v) is 11.5. The van der Waals surface area contributed by atoms with Gasteiger partial charge in [0.05, 0.1) is 19.3 Å². The van der Waals surface area contributed by atoms with E-state index in [4.69, 9.17) is 4.74 Å². The minimum Gasteiger partial charge on any atom is -0.395 e. The van der Waals surface area contributed by atoms with Crippen LogP contribution in [0.3, 0.4) is 0 Å². The van der Waals surface area contributed by atoms with Gasteiger partial charge >= 0.3 is 0 Å². The number of rotatable bonds is 7. The smallest absolute Gasteiger partial charge is 0.0550 e. The minimum absolute atomic E-state index is 0.0750. The Hall–Kier alpha value is -0.900. The van der Waals surface area contributed by atoms with Gasteiger partial charge < -0.3 is 14.9 Å². The molecule has 0 fully saturated rings. The number of benzene rings is 1. The number of aliphatic hydroxyl groups is 2. The van der Waals surface area contributed by atoms with Gasteiger partial charge in [-0.25, -0.2) is 0 Å². The molecule has 0 radical (unpaired) electrons. The summed E-state index contributed by atoms with van der Waals surface area (Å²) in [6.07, 6.45) is 0.777. The molecule has 1 aromatic carbocycles. The van der Waals surface area contributed by atoms with Gasteiger partial charge in [0.1, 0.15) is 0 Å². The molecular weight excluding hydrogens is 228 g/mol. The molecule has 0 aliphatic heterocycles. The van der Waals surface area contributed by atoms with E-state index in [0.717, 1.165) is 11.1 Å². The molecule has 0 heterocycles. The molecule has 0 spiro atoms. The van der Waals surface area contributed by atoms with Crippen LogP contribution in [0.5, 0.6) is 0 Å². The third-order valence-corrected chi connectivity index (χ3v) is 3.27. The fraction of sp³-hybridized carbons (Fsp3) is 0.600. The van der Waals surface area contributed by atoms with Crippen molar-refractivity contribution in [3.8, 4) is 0 Å². The van der Waals surface area contributed by atoms with Crippen molar-refractivity contribution in [2.24, 2.45) is 0 Å². The van der Waals surface area contributed by atoms with E-state index in [-0.39, 0.29) is 19.3 Å². The van der Waals surface area contributed by atoms with Crippen LogP contribution in [0.1, 0.15) is 31.4 Å². The van der Waals surface area contributed by atoms with Crippen LogP contribution in [-0.2, 0) is 10.2 Å². The number of hydrogen-bond acceptors (Lipinski definition) is 3. The van der Waals surface area contributed by atoms with E-state index in [1.807, 2.05) is 45.0 Å². The summed E-state index contributed by atoms with van der Waals surface area (Å²) in [5.41, 5.74) is 1.49. The minimum atomic E-state index is -0.610. The second kappa shape index (κ2) is 6.88. The average Bonchev–Trinajstić information content (AvgIpc) is 2.35. The van der Waals surface area contributed by atoms with Crippen molar-refractivity contribution in [2.45, 2.75) is 38.7 Å². The fourth-order valence-corrected chi connectivity index (χ4v) is 2.00. The SMILES string of the molecule is Cc1cccc(C(CO)(CO)CCOC(C)C)c1. The highest BCUT2D eigenvalue weighted by molar-refractivity contribution is 5.30. The molecule has 3 nitrogen and oxygen atoms in total. The monoisotopic (exact) mass is 252 g/mol. The van der Waals surface area contributed by atoms with Crippen LogP contribution in [0.4, 0.5) is 0 Å². The van der Waals surface area contributed by atoms with Gasteiger partial charge in [-0.1, -0.05) is 29.8 Å². The van der Waals surface area contributed by atoms with Crippen LogP contribution in [0.15, 0.2) is 24.3 Å². The lowest BCUT2D eigenvalue weighted by Crippen LogP contribution is -2.36. The summed E-state index contributed by atoms with van der Waals surface area (Å²) in [5, 5.41) is 19.3. The molecule has 18 heavy (non-hydrogen) atoms. The Morgan fingerprint density at radius 1 is 1.22 bits per heavy atom. The third-order valence-electron chi connectivity index (χ3n) is 3.27. The molecule has 102 valence electrons. The van der Waals surface area contributed by atoms with Gasteiger partial charge in [-0.05, 0) is 32.8 Å². The number of ether oxygens (including phenoxy) is 1. The number of aliphatic hydroxyl groups excluding tert-OH is 2. The van der Waals surface area contributed by atoms with Crippen molar-refractivity contribution >= 4 is 0 Å². The molecule has 0 atom stereocenters. The Balaban J connectivity index is 2.85. The van der Waals surface area contributed by atoms with Gasteiger partial charge in [0, 0.05) is 12.0 Å². The standard InChI is InChI=1S/C15H24O3/c1-12(2)18-8-7-15(10-16,11-17)14-6-4-5-13(3)9-14/h4-6,9,12,16-17H,7-8,10-11H2,1-3H3. The van der Waals surface area contributed by atoms with Gasteiger partial charge in [0.15, 0.2) is 0 Å². The molecule has 0 unspecified atom stereocenters. The van der Waals surface area contributed by atoms with Crippen LogP contribution in [0.2, 0.25) is 0 Å². The van der Waals surface area contributed by atoms with Gasteiger partial charge in [0.25, 0.3) is 0 Å². The quantitative estimate of drug-likeness (QED) is 0.780. The molecule has 1 rings (SSSR count). The Morgan fingerprint density at radius 3 is 2.39 bits per heavy atom. The topological polar surface area (TPSA) is 49.7 Å². The summed E-state index contributed by atoms with van der Waals surface area (Å²) in [5.74, 6) is 0. The van der Waals surface area contributed by atoms with Crippen LogP contribution < -0.4 is 0 Å². The summed E-state index contributed by atoms with van der Waals surface area (Å²) >= 11 is 0. The van der Waals surface area contributed by atoms with Crippen LogP contribution in [0, 0.1) is 6.92 Å². The second-order valence-electron chi connectivity index (χ2n) is 5.14. The van der Waals surface area contributed by atoms with Gasteiger partial charge in [-0.2, -0.15) is 0 Å². The summed E-state index contributed by atoms with van der Waals surface area (Å²) in [7, 11) is 0. The Morgan fingerprint density at radius 2 is 1.89 bits per heavy atom. The first-order chi connectivity index (χ1) is 8.54. The molecule has 0 amide bonds. The second-order valence-corrected chi connectivity index (χ2v) is 5.14. The summed E-state index contributed by atoms with van der Waals surface area (Å²) in [6.45, 7) is 6.35. The van der Waals surface area contributed by atoms with Crippen LogP contribution >= 0.6 is 0 Å². The molecule has 0 bridgehead atoms. The predicted molar refractivity (Wildman–Crippen MR) is 72.7 cm³/mol. The highest BCUT2D eigenvalue weighted by Gasteiger charge is 2.30. The van der Waals surface area contributed by atoms with Crippen molar-refractivity contribution in [3.05, 3.63) is 35.4 Å². The Bertz CT molecular complexity index is 357. The van der Waals surface area contributed by atoms with E-state index < -0.39 is 5.41 Å². The number of aryl methyl sites for hydroxylation is 1. The summed E-state index contributed by atoms with van der Waals surface area (Å²) in [4.78, 5) is 0. The van der Waals surface area contributed by atoms with Crippen molar-refractivity contribution < 1.29 is 14.9 Å². The zero-order valence-electron chi connectivity index (χ0n) is 11.5. The van der Waals surface area contributed by atoms with E-state index in [0.29, 0.717) is 13.0 Å². The first kappa shape index (κ1) is 15.2. The van der Waals surface area contributed by atoms with Gasteiger partial charge in [-0.3, -0.25) is 0 Å². The first-order valence-electron chi connectivity index (χ1n) is 6.44. The lowest BCUT2D eigenvalue weighted by molar-refractivity contribution is 0.0363. The fourth-order valence-electron chi connectivity index (χ4n) is 2.00. The number of hydrogen-bond donors (Lipinski definition) is 2. The molecular formula is C15H24O3. The summed E-state index contributed by atoms with van der Waals surface area (Å²) < 4.78 is 5.53. The highest BCUT2D eigenvalue weighted by Crippen LogP contribution is 2.28. The first-order valence-corrected chi connectivity index (χ1v) is 6.44. The van der Waals surface area contributed by atoms with Crippen molar-refractivity contribution in [2.75, 3.05) is 19.8 Å². The predicted octanol–water partition coefficient (Wildman–Crippen LogP) is 2.03. The van der Waals surface area contributed by atoms with Crippen molar-refractivity contribution in [1.29, 1.82) is 0 Å². The molecule has 3 heteroatoms. The van der Waals surface area contributed by atoms with Crippen molar-refractivity contribution in [1.82, 2.24) is 0 Å². The van der Waals surface area contributed by atoms with E-state index in [1.54, 1.807) is 0 Å². The third kappa shape index (κ3) is 3.80. The van der Waals surface area contributed by atoms with Gasteiger partial charge in [-0.15, -0.1) is 0 Å². The molecule has 0 aliphatic rings. The maximum absolute atomic E-state index is 9.67. The van der Waals surface area contributed by atoms with Gasteiger partial charge in [0.2, 0.25) is 0 Å². The van der Waals surface area contributed by atoms with E-state index in [9.17, 15) is 10.2 Å². The van der Waals surface area contributed by atoms with E-state index in [1.165, 1.54) is 0 Å². The molecule has 0 saturated carbocycles. The zero-order chi connectivity index (χ0) is 13.6. The van der Waals surface area contributed by atoms with E-state index >= 15 is 0 Å². The lowest BCUT2D eigenvalue weighted by Gasteiger charge is -2.31. The van der Waals surface area contributed by atoms with Crippen molar-refractivity contribution in [3.63, 3.8) is 0 Å². The summed E-state index contributed by atoms with van der Waals surface area (Å²) in [6, 6.07) is 7.93. The Kier molecular flexibility index (Phi) is 5.79. The maximum Gasteiger partial charge on any atom is 0.0550 e. The molecule has 0 saturated heterocycles.